The Balaban J connectivity index is 2.10. The van der Waals surface area contributed by atoms with Crippen molar-refractivity contribution in [1.82, 2.24) is 4.90 Å². The highest BCUT2D eigenvalue weighted by atomic mass is 35.5. The Kier molecular flexibility index (Phi) is 7.43. The van der Waals surface area contributed by atoms with Gasteiger partial charge in [-0.15, -0.1) is 0 Å². The Morgan fingerprint density at radius 2 is 1.84 bits per heavy atom. The molecule has 32 heavy (non-hydrogen) atoms. The number of aliphatic hydroxyl groups excluding tert-OH is 1. The van der Waals surface area contributed by atoms with Crippen LogP contribution < -0.4 is 4.74 Å². The van der Waals surface area contributed by atoms with Crippen molar-refractivity contribution in [1.29, 1.82) is 0 Å². The largest absolute Gasteiger partial charge is 0.508 e. The lowest BCUT2D eigenvalue weighted by molar-refractivity contribution is -0.140. The zero-order valence-electron chi connectivity index (χ0n) is 18.2. The van der Waals surface area contributed by atoms with Gasteiger partial charge in [0.25, 0.3) is 11.7 Å². The summed E-state index contributed by atoms with van der Waals surface area (Å²) in [5.74, 6) is -1.44. The Morgan fingerprint density at radius 1 is 1.16 bits per heavy atom. The molecule has 0 saturated carbocycles. The monoisotopic (exact) mass is 459 g/mol. The SMILES string of the molecule is CCOc1cc(/C(O)=C2/C(=O)C(=O)N(CCOC(C)C)C2c2ccc(O)cc2)ccc1Cl. The topological polar surface area (TPSA) is 96.3 Å². The van der Waals surface area contributed by atoms with Gasteiger partial charge in [-0.05, 0) is 56.7 Å². The van der Waals surface area contributed by atoms with Crippen molar-refractivity contribution in [3.05, 3.63) is 64.2 Å². The summed E-state index contributed by atoms with van der Waals surface area (Å²) >= 11 is 6.15. The van der Waals surface area contributed by atoms with E-state index in [0.717, 1.165) is 0 Å². The minimum absolute atomic E-state index is 0.0370. The van der Waals surface area contributed by atoms with Crippen LogP contribution in [0.3, 0.4) is 0 Å². The summed E-state index contributed by atoms with van der Waals surface area (Å²) in [6.45, 7) is 6.32. The molecule has 1 atom stereocenters. The average molecular weight is 460 g/mol. The van der Waals surface area contributed by atoms with Gasteiger partial charge in [-0.25, -0.2) is 0 Å². The van der Waals surface area contributed by atoms with Crippen molar-refractivity contribution in [3.63, 3.8) is 0 Å². The maximum Gasteiger partial charge on any atom is 0.295 e. The highest BCUT2D eigenvalue weighted by Gasteiger charge is 2.46. The molecule has 8 heteroatoms. The molecule has 1 aliphatic rings. The lowest BCUT2D eigenvalue weighted by atomic mass is 9.95. The number of halogens is 1. The molecular weight excluding hydrogens is 434 g/mol. The molecule has 1 unspecified atom stereocenters. The fraction of sp³-hybridized carbons (Fsp3) is 0.333. The number of amides is 1. The molecule has 2 aromatic carbocycles. The summed E-state index contributed by atoms with van der Waals surface area (Å²) in [4.78, 5) is 27.3. The third-order valence-electron chi connectivity index (χ3n) is 5.04. The first-order chi connectivity index (χ1) is 15.2. The molecule has 2 N–H and O–H groups in total. The standard InChI is InChI=1S/C24H26ClNO6/c1-4-31-19-13-16(7-10-18(19)25)22(28)20-21(15-5-8-17(27)9-6-15)26(24(30)23(20)29)11-12-32-14(2)3/h5-10,13-14,21,27-28H,4,11-12H2,1-3H3/b22-20-. The summed E-state index contributed by atoms with van der Waals surface area (Å²) in [5, 5.41) is 21.2. The van der Waals surface area contributed by atoms with Crippen LogP contribution in [0.1, 0.15) is 37.9 Å². The Morgan fingerprint density at radius 3 is 2.47 bits per heavy atom. The van der Waals surface area contributed by atoms with Crippen molar-refractivity contribution in [3.8, 4) is 11.5 Å². The normalized spacial score (nSPS) is 17.9. The van der Waals surface area contributed by atoms with E-state index in [9.17, 15) is 19.8 Å². The summed E-state index contributed by atoms with van der Waals surface area (Å²) in [7, 11) is 0. The first kappa shape index (κ1) is 23.6. The first-order valence-corrected chi connectivity index (χ1v) is 10.7. The lowest BCUT2D eigenvalue weighted by Gasteiger charge is -2.25. The molecule has 3 rings (SSSR count). The molecule has 1 heterocycles. The van der Waals surface area contributed by atoms with Crippen LogP contribution >= 0.6 is 11.6 Å². The molecule has 1 aliphatic heterocycles. The van der Waals surface area contributed by atoms with Crippen molar-refractivity contribution >= 4 is 29.1 Å². The van der Waals surface area contributed by atoms with E-state index in [1.807, 2.05) is 13.8 Å². The number of phenolic OH excluding ortho intramolecular Hbond substituents is 1. The van der Waals surface area contributed by atoms with E-state index in [1.54, 1.807) is 31.2 Å². The van der Waals surface area contributed by atoms with Gasteiger partial charge in [0.2, 0.25) is 0 Å². The van der Waals surface area contributed by atoms with Crippen LogP contribution in [0.2, 0.25) is 5.02 Å². The second kappa shape index (κ2) is 10.1. The van der Waals surface area contributed by atoms with Crippen LogP contribution in [0.15, 0.2) is 48.0 Å². The zero-order chi connectivity index (χ0) is 23.4. The number of nitrogens with zero attached hydrogens (tertiary/aromatic N) is 1. The number of benzene rings is 2. The maximum atomic E-state index is 13.0. The molecule has 0 bridgehead atoms. The predicted molar refractivity (Wildman–Crippen MR) is 121 cm³/mol. The van der Waals surface area contributed by atoms with Gasteiger partial charge in [-0.1, -0.05) is 23.7 Å². The van der Waals surface area contributed by atoms with Crippen LogP contribution in [0, 0.1) is 0 Å². The van der Waals surface area contributed by atoms with Crippen molar-refractivity contribution < 1.29 is 29.3 Å². The molecule has 0 spiro atoms. The molecule has 170 valence electrons. The van der Waals surface area contributed by atoms with Gasteiger partial charge in [0.1, 0.15) is 17.3 Å². The quantitative estimate of drug-likeness (QED) is 0.347. The lowest BCUT2D eigenvalue weighted by Crippen LogP contribution is -2.33. The van der Waals surface area contributed by atoms with E-state index in [0.29, 0.717) is 28.5 Å². The van der Waals surface area contributed by atoms with Crippen LogP contribution in [-0.4, -0.2) is 52.7 Å². The fourth-order valence-corrected chi connectivity index (χ4v) is 3.74. The average Bonchev–Trinajstić information content (AvgIpc) is 3.00. The van der Waals surface area contributed by atoms with Gasteiger partial charge in [0.15, 0.2) is 0 Å². The van der Waals surface area contributed by atoms with Crippen LogP contribution in [0.4, 0.5) is 0 Å². The summed E-state index contributed by atoms with van der Waals surface area (Å²) in [5.41, 5.74) is 0.833. The number of ketones is 1. The van der Waals surface area contributed by atoms with Crippen molar-refractivity contribution in [2.24, 2.45) is 0 Å². The molecular formula is C24H26ClNO6. The van der Waals surface area contributed by atoms with E-state index < -0.39 is 17.7 Å². The molecule has 7 nitrogen and oxygen atoms in total. The molecule has 2 aromatic rings. The van der Waals surface area contributed by atoms with Gasteiger partial charge in [-0.2, -0.15) is 0 Å². The fourth-order valence-electron chi connectivity index (χ4n) is 3.57. The molecule has 1 fully saturated rings. The number of aliphatic hydroxyl groups is 1. The van der Waals surface area contributed by atoms with Gasteiger partial charge >= 0.3 is 0 Å². The van der Waals surface area contributed by atoms with E-state index in [-0.39, 0.29) is 36.3 Å². The molecule has 0 aromatic heterocycles. The smallest absolute Gasteiger partial charge is 0.295 e. The number of hydrogen-bond donors (Lipinski definition) is 2. The van der Waals surface area contributed by atoms with Crippen LogP contribution in [-0.2, 0) is 14.3 Å². The number of likely N-dealkylation sites (tertiary alicyclic amines) is 1. The molecule has 1 saturated heterocycles. The van der Waals surface area contributed by atoms with E-state index >= 15 is 0 Å². The molecule has 1 amide bonds. The third-order valence-corrected chi connectivity index (χ3v) is 5.35. The Hall–Kier alpha value is -3.03. The van der Waals surface area contributed by atoms with E-state index in [4.69, 9.17) is 21.1 Å². The maximum absolute atomic E-state index is 13.0. The number of carbonyl (C=O) groups is 2. The minimum atomic E-state index is -0.836. The number of hydrogen-bond acceptors (Lipinski definition) is 6. The number of rotatable bonds is 8. The van der Waals surface area contributed by atoms with Gasteiger partial charge in [0.05, 0.1) is 36.0 Å². The zero-order valence-corrected chi connectivity index (χ0v) is 18.9. The third kappa shape index (κ3) is 4.89. The predicted octanol–water partition coefficient (Wildman–Crippen LogP) is 4.29. The number of aromatic hydroxyl groups is 1. The summed E-state index contributed by atoms with van der Waals surface area (Å²) in [6.07, 6.45) is -0.0370. The number of Topliss-reactive ketones (excluding diaryl/α,β-unsaturated/α-hetero) is 1. The second-order valence-electron chi connectivity index (χ2n) is 7.58. The van der Waals surface area contributed by atoms with Gasteiger partial charge in [0, 0.05) is 12.1 Å². The minimum Gasteiger partial charge on any atom is -0.508 e. The summed E-state index contributed by atoms with van der Waals surface area (Å²) in [6, 6.07) is 9.98. The van der Waals surface area contributed by atoms with Crippen LogP contribution in [0.5, 0.6) is 11.5 Å². The second-order valence-corrected chi connectivity index (χ2v) is 7.99. The van der Waals surface area contributed by atoms with Gasteiger partial charge in [-0.3, -0.25) is 9.59 Å². The van der Waals surface area contributed by atoms with Crippen LogP contribution in [0.25, 0.3) is 5.76 Å². The number of phenols is 1. The van der Waals surface area contributed by atoms with Crippen molar-refractivity contribution in [2.75, 3.05) is 19.8 Å². The van der Waals surface area contributed by atoms with Gasteiger partial charge < -0.3 is 24.6 Å². The Bertz CT molecular complexity index is 1030. The van der Waals surface area contributed by atoms with E-state index in [1.165, 1.54) is 23.1 Å². The highest BCUT2D eigenvalue weighted by Crippen LogP contribution is 2.40. The first-order valence-electron chi connectivity index (χ1n) is 10.4. The Labute approximate surface area is 191 Å². The number of ether oxygens (including phenoxy) is 2. The van der Waals surface area contributed by atoms with E-state index in [2.05, 4.69) is 0 Å². The highest BCUT2D eigenvalue weighted by molar-refractivity contribution is 6.46. The molecule has 0 aliphatic carbocycles. The molecule has 0 radical (unpaired) electrons. The van der Waals surface area contributed by atoms with Crippen molar-refractivity contribution in [2.45, 2.75) is 32.9 Å². The number of carbonyl (C=O) groups excluding carboxylic acids is 2. The summed E-state index contributed by atoms with van der Waals surface area (Å²) < 4.78 is 11.1.